The Morgan fingerprint density at radius 2 is 1.96 bits per heavy atom. The Hall–Kier alpha value is -1.89. The van der Waals surface area contributed by atoms with Crippen molar-refractivity contribution < 1.29 is 9.47 Å². The first-order valence-electron chi connectivity index (χ1n) is 8.91. The molecule has 136 valence electrons. The van der Waals surface area contributed by atoms with Crippen molar-refractivity contribution in [3.05, 3.63) is 36.0 Å². The maximum absolute atomic E-state index is 5.78. The zero-order chi connectivity index (χ0) is 17.6. The standard InChI is InChI=1S/C19H28N4O2/c1-14-12-23(13-15(2)25-14)9-8-20-10-17-11-21-22-19(17)16-4-6-18(24-3)7-5-16/h4-7,11,14-15,20H,8-10,12-13H2,1-3H3,(H,21,22). The van der Waals surface area contributed by atoms with Gasteiger partial charge in [-0.05, 0) is 38.1 Å². The maximum Gasteiger partial charge on any atom is 0.118 e. The molecule has 1 saturated heterocycles. The lowest BCUT2D eigenvalue weighted by molar-refractivity contribution is -0.0674. The van der Waals surface area contributed by atoms with E-state index < -0.39 is 0 Å². The second-order valence-electron chi connectivity index (χ2n) is 6.69. The second-order valence-corrected chi connectivity index (χ2v) is 6.69. The van der Waals surface area contributed by atoms with Gasteiger partial charge in [0.2, 0.25) is 0 Å². The van der Waals surface area contributed by atoms with Gasteiger partial charge < -0.3 is 14.8 Å². The number of aromatic nitrogens is 2. The van der Waals surface area contributed by atoms with Gasteiger partial charge in [0, 0.05) is 43.9 Å². The van der Waals surface area contributed by atoms with E-state index in [1.165, 1.54) is 5.56 Å². The summed E-state index contributed by atoms with van der Waals surface area (Å²) in [4.78, 5) is 2.46. The molecule has 2 atom stereocenters. The molecule has 6 nitrogen and oxygen atoms in total. The van der Waals surface area contributed by atoms with Crippen molar-refractivity contribution in [3.63, 3.8) is 0 Å². The topological polar surface area (TPSA) is 62.4 Å². The van der Waals surface area contributed by atoms with Crippen molar-refractivity contribution in [2.24, 2.45) is 0 Å². The van der Waals surface area contributed by atoms with Gasteiger partial charge in [-0.2, -0.15) is 5.10 Å². The lowest BCUT2D eigenvalue weighted by atomic mass is 10.1. The van der Waals surface area contributed by atoms with Gasteiger partial charge >= 0.3 is 0 Å². The van der Waals surface area contributed by atoms with E-state index in [1.54, 1.807) is 7.11 Å². The number of hydrogen-bond acceptors (Lipinski definition) is 5. The molecule has 0 radical (unpaired) electrons. The number of H-pyrrole nitrogens is 1. The molecule has 2 N–H and O–H groups in total. The molecule has 1 fully saturated rings. The summed E-state index contributed by atoms with van der Waals surface area (Å²) in [5.41, 5.74) is 3.35. The minimum Gasteiger partial charge on any atom is -0.497 e. The Kier molecular flexibility index (Phi) is 6.07. The number of morpholine rings is 1. The summed E-state index contributed by atoms with van der Waals surface area (Å²) in [5.74, 6) is 0.858. The summed E-state index contributed by atoms with van der Waals surface area (Å²) in [5, 5.41) is 10.8. The van der Waals surface area contributed by atoms with Crippen LogP contribution in [-0.2, 0) is 11.3 Å². The van der Waals surface area contributed by atoms with Gasteiger partial charge in [-0.1, -0.05) is 0 Å². The molecule has 1 aromatic carbocycles. The van der Waals surface area contributed by atoms with E-state index in [9.17, 15) is 0 Å². The molecule has 0 spiro atoms. The number of aromatic amines is 1. The average molecular weight is 344 g/mol. The number of methoxy groups -OCH3 is 1. The SMILES string of the molecule is COc1ccc(-c2[nH]ncc2CNCCN2CC(C)OC(C)C2)cc1. The number of nitrogens with zero attached hydrogens (tertiary/aromatic N) is 2. The van der Waals surface area contributed by atoms with Crippen LogP contribution in [0.4, 0.5) is 0 Å². The van der Waals surface area contributed by atoms with E-state index in [1.807, 2.05) is 30.5 Å². The first-order valence-corrected chi connectivity index (χ1v) is 8.91. The van der Waals surface area contributed by atoms with Crippen molar-refractivity contribution in [1.82, 2.24) is 20.4 Å². The molecule has 1 aliphatic rings. The van der Waals surface area contributed by atoms with Crippen molar-refractivity contribution in [2.45, 2.75) is 32.6 Å². The zero-order valence-electron chi connectivity index (χ0n) is 15.3. The number of benzene rings is 1. The Bertz CT molecular complexity index is 646. The van der Waals surface area contributed by atoms with Gasteiger partial charge in [-0.25, -0.2) is 0 Å². The first-order chi connectivity index (χ1) is 12.2. The Morgan fingerprint density at radius 1 is 1.24 bits per heavy atom. The van der Waals surface area contributed by atoms with E-state index >= 15 is 0 Å². The predicted molar refractivity (Wildman–Crippen MR) is 98.7 cm³/mol. The number of nitrogens with one attached hydrogen (secondary N) is 2. The Morgan fingerprint density at radius 3 is 2.64 bits per heavy atom. The van der Waals surface area contributed by atoms with Crippen LogP contribution in [0.25, 0.3) is 11.3 Å². The van der Waals surface area contributed by atoms with Crippen LogP contribution in [0.15, 0.2) is 30.5 Å². The molecule has 25 heavy (non-hydrogen) atoms. The van der Waals surface area contributed by atoms with Gasteiger partial charge in [0.05, 0.1) is 31.2 Å². The van der Waals surface area contributed by atoms with Crippen LogP contribution >= 0.6 is 0 Å². The molecule has 3 rings (SSSR count). The fourth-order valence-corrected chi connectivity index (χ4v) is 3.38. The number of hydrogen-bond donors (Lipinski definition) is 2. The van der Waals surface area contributed by atoms with Crippen LogP contribution < -0.4 is 10.1 Å². The molecular formula is C19H28N4O2. The van der Waals surface area contributed by atoms with Gasteiger partial charge in [-0.3, -0.25) is 10.00 Å². The molecule has 0 saturated carbocycles. The molecule has 0 aliphatic carbocycles. The quantitative estimate of drug-likeness (QED) is 0.755. The third-order valence-electron chi connectivity index (χ3n) is 4.51. The van der Waals surface area contributed by atoms with Crippen molar-refractivity contribution in [2.75, 3.05) is 33.3 Å². The average Bonchev–Trinajstić information content (AvgIpc) is 3.06. The third kappa shape index (κ3) is 4.81. The van der Waals surface area contributed by atoms with Crippen LogP contribution in [0.1, 0.15) is 19.4 Å². The van der Waals surface area contributed by atoms with Gasteiger partial charge in [0.15, 0.2) is 0 Å². The monoisotopic (exact) mass is 344 g/mol. The number of rotatable bonds is 7. The van der Waals surface area contributed by atoms with E-state index in [-0.39, 0.29) is 0 Å². The van der Waals surface area contributed by atoms with Crippen molar-refractivity contribution in [3.8, 4) is 17.0 Å². The third-order valence-corrected chi connectivity index (χ3v) is 4.51. The summed E-state index contributed by atoms with van der Waals surface area (Å²) >= 11 is 0. The minimum absolute atomic E-state index is 0.319. The van der Waals surface area contributed by atoms with Crippen LogP contribution in [0.3, 0.4) is 0 Å². The second kappa shape index (κ2) is 8.47. The molecule has 2 unspecified atom stereocenters. The molecule has 1 aliphatic heterocycles. The minimum atomic E-state index is 0.319. The van der Waals surface area contributed by atoms with Crippen LogP contribution in [0.5, 0.6) is 5.75 Å². The Balaban J connectivity index is 1.50. The zero-order valence-corrected chi connectivity index (χ0v) is 15.3. The molecule has 1 aromatic heterocycles. The van der Waals surface area contributed by atoms with Crippen LogP contribution in [0, 0.1) is 0 Å². The lowest BCUT2D eigenvalue weighted by Gasteiger charge is -2.35. The molecule has 0 amide bonds. The van der Waals surface area contributed by atoms with Gasteiger partial charge in [-0.15, -0.1) is 0 Å². The van der Waals surface area contributed by atoms with E-state index in [0.29, 0.717) is 12.2 Å². The van der Waals surface area contributed by atoms with Gasteiger partial charge in [0.25, 0.3) is 0 Å². The van der Waals surface area contributed by atoms with E-state index in [2.05, 4.69) is 34.3 Å². The highest BCUT2D eigenvalue weighted by molar-refractivity contribution is 5.63. The molecule has 2 aromatic rings. The Labute approximate surface area is 149 Å². The molecule has 2 heterocycles. The number of ether oxygens (including phenoxy) is 2. The molecular weight excluding hydrogens is 316 g/mol. The van der Waals surface area contributed by atoms with Gasteiger partial charge in [0.1, 0.15) is 5.75 Å². The normalized spacial score (nSPS) is 21.4. The highest BCUT2D eigenvalue weighted by Crippen LogP contribution is 2.23. The summed E-state index contributed by atoms with van der Waals surface area (Å²) in [6.07, 6.45) is 2.53. The van der Waals surface area contributed by atoms with Crippen molar-refractivity contribution >= 4 is 0 Å². The smallest absolute Gasteiger partial charge is 0.118 e. The molecule has 6 heteroatoms. The highest BCUT2D eigenvalue weighted by atomic mass is 16.5. The molecule has 0 bridgehead atoms. The first kappa shape index (κ1) is 17.9. The highest BCUT2D eigenvalue weighted by Gasteiger charge is 2.21. The maximum atomic E-state index is 5.78. The van der Waals surface area contributed by atoms with E-state index in [0.717, 1.165) is 49.7 Å². The lowest BCUT2D eigenvalue weighted by Crippen LogP contribution is -2.47. The fourth-order valence-electron chi connectivity index (χ4n) is 3.38. The largest absolute Gasteiger partial charge is 0.497 e. The summed E-state index contributed by atoms with van der Waals surface area (Å²) in [6.45, 7) is 9.09. The summed E-state index contributed by atoms with van der Waals surface area (Å²) < 4.78 is 11.0. The van der Waals surface area contributed by atoms with Crippen LogP contribution in [0.2, 0.25) is 0 Å². The predicted octanol–water partition coefficient (Wildman–Crippen LogP) is 2.28. The fraction of sp³-hybridized carbons (Fsp3) is 0.526. The summed E-state index contributed by atoms with van der Waals surface area (Å²) in [6, 6.07) is 8.03. The van der Waals surface area contributed by atoms with Crippen LogP contribution in [-0.4, -0.2) is 60.6 Å². The van der Waals surface area contributed by atoms with Crippen molar-refractivity contribution in [1.29, 1.82) is 0 Å². The summed E-state index contributed by atoms with van der Waals surface area (Å²) in [7, 11) is 1.68. The van der Waals surface area contributed by atoms with E-state index in [4.69, 9.17) is 9.47 Å².